The highest BCUT2D eigenvalue weighted by Gasteiger charge is 2.08. The topological polar surface area (TPSA) is 3.24 Å². The smallest absolute Gasteiger partial charge is 0.0780 e. The molecule has 0 aromatic heterocycles. The summed E-state index contributed by atoms with van der Waals surface area (Å²) in [6.07, 6.45) is 7.76. The normalized spacial score (nSPS) is 14.2. The molecule has 110 valence electrons. The molecule has 0 heterocycles. The summed E-state index contributed by atoms with van der Waals surface area (Å²) >= 11 is 6.23. The maximum atomic E-state index is 6.23. The highest BCUT2D eigenvalue weighted by molar-refractivity contribution is 6.13. The van der Waals surface area contributed by atoms with Crippen LogP contribution in [0.2, 0.25) is 0 Å². The summed E-state index contributed by atoms with van der Waals surface area (Å²) in [7, 11) is 6.78. The fourth-order valence-corrected chi connectivity index (χ4v) is 2.59. The van der Waals surface area contributed by atoms with Crippen molar-refractivity contribution in [2.75, 3.05) is 40.8 Å². The molecule has 0 fully saturated rings. The molecule has 0 aliphatic heterocycles. The maximum Gasteiger partial charge on any atom is 0.0780 e. The van der Waals surface area contributed by atoms with Crippen LogP contribution in [0.15, 0.2) is 0 Å². The van der Waals surface area contributed by atoms with Crippen LogP contribution >= 0.6 is 11.8 Å². The lowest BCUT2D eigenvalue weighted by molar-refractivity contribution is -0.870. The van der Waals surface area contributed by atoms with Crippen molar-refractivity contribution < 1.29 is 4.48 Å². The molecule has 0 saturated heterocycles. The Labute approximate surface area is 120 Å². The zero-order valence-corrected chi connectivity index (χ0v) is 14.0. The molecular weight excluding hydrogens is 244 g/mol. The molecule has 18 heavy (non-hydrogen) atoms. The van der Waals surface area contributed by atoms with Gasteiger partial charge in [-0.25, -0.2) is 4.42 Å². The highest BCUT2D eigenvalue weighted by Crippen LogP contribution is 2.11. The molecule has 0 aromatic rings. The second-order valence-electron chi connectivity index (χ2n) is 6.69. The van der Waals surface area contributed by atoms with Crippen LogP contribution in [-0.4, -0.2) is 49.7 Å². The minimum absolute atomic E-state index is 0.727. The van der Waals surface area contributed by atoms with Gasteiger partial charge in [0.15, 0.2) is 0 Å². The first kappa shape index (κ1) is 18.2. The molecule has 0 rings (SSSR count). The van der Waals surface area contributed by atoms with E-state index < -0.39 is 0 Å². The van der Waals surface area contributed by atoms with Gasteiger partial charge in [-0.15, -0.1) is 0 Å². The van der Waals surface area contributed by atoms with Crippen LogP contribution in [0.3, 0.4) is 0 Å². The van der Waals surface area contributed by atoms with E-state index in [2.05, 4.69) is 35.0 Å². The standard InChI is InChI=1S/C15H34ClN2/c1-6-11-15(2)14-17(16)12-9-7-8-10-13-18(3,4)5/h15H,6-14H2,1-5H3/q+1. The van der Waals surface area contributed by atoms with Crippen molar-refractivity contribution in [2.24, 2.45) is 5.92 Å². The van der Waals surface area contributed by atoms with Gasteiger partial charge < -0.3 is 4.48 Å². The predicted molar refractivity (Wildman–Crippen MR) is 82.9 cm³/mol. The van der Waals surface area contributed by atoms with Gasteiger partial charge in [0, 0.05) is 13.1 Å². The first-order chi connectivity index (χ1) is 8.35. The predicted octanol–water partition coefficient (Wildman–Crippen LogP) is 4.15. The number of nitrogens with zero attached hydrogens (tertiary/aromatic N) is 2. The van der Waals surface area contributed by atoms with Crippen molar-refractivity contribution in [3.63, 3.8) is 0 Å². The van der Waals surface area contributed by atoms with Gasteiger partial charge in [0.05, 0.1) is 27.7 Å². The van der Waals surface area contributed by atoms with Crippen LogP contribution in [0.5, 0.6) is 0 Å². The number of unbranched alkanes of at least 4 members (excludes halogenated alkanes) is 3. The largest absolute Gasteiger partial charge is 0.331 e. The molecule has 0 radical (unpaired) electrons. The first-order valence-electron chi connectivity index (χ1n) is 7.56. The van der Waals surface area contributed by atoms with E-state index >= 15 is 0 Å². The summed E-state index contributed by atoms with van der Waals surface area (Å²) in [4.78, 5) is 0. The van der Waals surface area contributed by atoms with Gasteiger partial charge in [0.25, 0.3) is 0 Å². The summed E-state index contributed by atoms with van der Waals surface area (Å²) in [5.74, 6) is 0.727. The van der Waals surface area contributed by atoms with E-state index in [4.69, 9.17) is 11.8 Å². The van der Waals surface area contributed by atoms with Crippen molar-refractivity contribution in [1.82, 2.24) is 4.42 Å². The molecule has 2 nitrogen and oxygen atoms in total. The molecule has 0 aliphatic rings. The molecule has 1 atom stereocenters. The SMILES string of the molecule is CCCC(C)CN(Cl)CCCCCC[N+](C)(C)C. The fraction of sp³-hybridized carbons (Fsp3) is 1.00. The van der Waals surface area contributed by atoms with Gasteiger partial charge in [-0.05, 0) is 43.4 Å². The van der Waals surface area contributed by atoms with E-state index in [1.54, 1.807) is 0 Å². The Kier molecular flexibility index (Phi) is 10.2. The zero-order chi connectivity index (χ0) is 14.0. The third kappa shape index (κ3) is 12.7. The summed E-state index contributed by atoms with van der Waals surface area (Å²) in [5.41, 5.74) is 0. The first-order valence-corrected chi connectivity index (χ1v) is 7.90. The molecule has 0 spiro atoms. The molecule has 1 unspecified atom stereocenters. The van der Waals surface area contributed by atoms with Crippen LogP contribution in [0.25, 0.3) is 0 Å². The lowest BCUT2D eigenvalue weighted by Crippen LogP contribution is -2.35. The van der Waals surface area contributed by atoms with Crippen LogP contribution in [-0.2, 0) is 0 Å². The Hall–Kier alpha value is 0.210. The quantitative estimate of drug-likeness (QED) is 0.312. The molecule has 0 aromatic carbocycles. The molecular formula is C15H34ClN2+. The van der Waals surface area contributed by atoms with Gasteiger partial charge in [0.1, 0.15) is 0 Å². The van der Waals surface area contributed by atoms with E-state index in [9.17, 15) is 0 Å². The Balaban J connectivity index is 3.38. The Morgan fingerprint density at radius 2 is 1.67 bits per heavy atom. The van der Waals surface area contributed by atoms with Gasteiger partial charge >= 0.3 is 0 Å². The molecule has 0 amide bonds. The highest BCUT2D eigenvalue weighted by atomic mass is 35.5. The third-order valence-corrected chi connectivity index (χ3v) is 3.58. The van der Waals surface area contributed by atoms with Crippen molar-refractivity contribution in [3.8, 4) is 0 Å². The third-order valence-electron chi connectivity index (χ3n) is 3.27. The van der Waals surface area contributed by atoms with Gasteiger partial charge in [0.2, 0.25) is 0 Å². The van der Waals surface area contributed by atoms with Crippen molar-refractivity contribution in [3.05, 3.63) is 0 Å². The van der Waals surface area contributed by atoms with E-state index in [1.807, 2.05) is 4.42 Å². The van der Waals surface area contributed by atoms with Crippen LogP contribution in [0, 0.1) is 5.92 Å². The molecule has 3 heteroatoms. The fourth-order valence-electron chi connectivity index (χ4n) is 2.24. The van der Waals surface area contributed by atoms with Crippen LogP contribution < -0.4 is 0 Å². The molecule has 0 N–H and O–H groups in total. The lowest BCUT2D eigenvalue weighted by Gasteiger charge is -2.23. The van der Waals surface area contributed by atoms with Crippen LogP contribution in [0.1, 0.15) is 52.4 Å². The molecule has 0 bridgehead atoms. The van der Waals surface area contributed by atoms with Crippen molar-refractivity contribution in [2.45, 2.75) is 52.4 Å². The minimum Gasteiger partial charge on any atom is -0.331 e. The van der Waals surface area contributed by atoms with E-state index in [0.717, 1.165) is 23.5 Å². The summed E-state index contributed by atoms with van der Waals surface area (Å²) in [6, 6.07) is 0. The number of hydrogen-bond acceptors (Lipinski definition) is 1. The zero-order valence-electron chi connectivity index (χ0n) is 13.2. The summed E-state index contributed by atoms with van der Waals surface area (Å²) in [5, 5.41) is 0. The molecule has 0 aliphatic carbocycles. The average molecular weight is 278 g/mol. The van der Waals surface area contributed by atoms with Gasteiger partial charge in [-0.1, -0.05) is 26.7 Å². The van der Waals surface area contributed by atoms with E-state index in [-0.39, 0.29) is 0 Å². The monoisotopic (exact) mass is 277 g/mol. The second kappa shape index (κ2) is 10.1. The average Bonchev–Trinajstić information content (AvgIpc) is 2.21. The van der Waals surface area contributed by atoms with Crippen LogP contribution in [0.4, 0.5) is 0 Å². The van der Waals surface area contributed by atoms with Gasteiger partial charge in [-0.3, -0.25) is 0 Å². The number of rotatable bonds is 11. The Bertz CT molecular complexity index is 189. The summed E-state index contributed by atoms with van der Waals surface area (Å²) < 4.78 is 3.07. The van der Waals surface area contributed by atoms with Crippen molar-refractivity contribution in [1.29, 1.82) is 0 Å². The van der Waals surface area contributed by atoms with E-state index in [0.29, 0.717) is 0 Å². The summed E-state index contributed by atoms with van der Waals surface area (Å²) in [6.45, 7) is 7.88. The van der Waals surface area contributed by atoms with Crippen molar-refractivity contribution >= 4 is 11.8 Å². The lowest BCUT2D eigenvalue weighted by atomic mass is 10.1. The van der Waals surface area contributed by atoms with Gasteiger partial charge in [-0.2, -0.15) is 0 Å². The van der Waals surface area contributed by atoms with E-state index in [1.165, 1.54) is 45.1 Å². The maximum absolute atomic E-state index is 6.23. The number of hydrogen-bond donors (Lipinski definition) is 0. The Morgan fingerprint density at radius 3 is 2.22 bits per heavy atom. The number of quaternary nitrogens is 1. The second-order valence-corrected chi connectivity index (χ2v) is 7.17. The number of halogens is 1. The minimum atomic E-state index is 0.727. The Morgan fingerprint density at radius 1 is 1.06 bits per heavy atom. The molecule has 0 saturated carbocycles.